The molecule has 3 rings (SSSR count). The number of carbonyl (C=O) groups excluding carboxylic acids is 1. The zero-order valence-electron chi connectivity index (χ0n) is 12.2. The van der Waals surface area contributed by atoms with Crippen LogP contribution in [0.3, 0.4) is 0 Å². The lowest BCUT2D eigenvalue weighted by atomic mass is 10.1. The number of hydrogen-bond acceptors (Lipinski definition) is 3. The first kappa shape index (κ1) is 14.7. The number of para-hydroxylation sites is 1. The molecule has 0 heterocycles. The minimum atomic E-state index is -0.556. The minimum Gasteiger partial charge on any atom is -0.508 e. The third-order valence-corrected chi connectivity index (χ3v) is 3.18. The smallest absolute Gasteiger partial charge is 0.417 e. The highest BCUT2D eigenvalue weighted by molar-refractivity contribution is 5.86. The van der Waals surface area contributed by atoms with Gasteiger partial charge in [0.2, 0.25) is 0 Å². The van der Waals surface area contributed by atoms with Crippen LogP contribution in [0.5, 0.6) is 11.5 Å². The number of hydrogen-bond donors (Lipinski definition) is 2. The molecule has 1 amide bonds. The fraction of sp³-hybridized carbons (Fsp3) is 0. The Balaban J connectivity index is 1.72. The first-order valence-electron chi connectivity index (χ1n) is 7.06. The summed E-state index contributed by atoms with van der Waals surface area (Å²) in [6.45, 7) is 0. The Morgan fingerprint density at radius 2 is 1.74 bits per heavy atom. The Morgan fingerprint density at radius 1 is 1.00 bits per heavy atom. The van der Waals surface area contributed by atoms with Crippen LogP contribution in [-0.4, -0.2) is 11.2 Å². The molecule has 23 heavy (non-hydrogen) atoms. The van der Waals surface area contributed by atoms with Gasteiger partial charge < -0.3 is 9.84 Å². The number of ether oxygens (including phenoxy) is 1. The highest BCUT2D eigenvalue weighted by Crippen LogP contribution is 2.25. The molecule has 0 saturated carbocycles. The SMILES string of the molecule is O=C(Nc1ccccc1)Oc1cc[c]c(-c2ccc(O)cc2)c1. The van der Waals surface area contributed by atoms with Crippen LogP contribution in [0, 0.1) is 6.07 Å². The van der Waals surface area contributed by atoms with E-state index in [0.29, 0.717) is 11.4 Å². The number of aromatic hydroxyl groups is 1. The highest BCUT2D eigenvalue weighted by atomic mass is 16.6. The van der Waals surface area contributed by atoms with Gasteiger partial charge in [-0.15, -0.1) is 0 Å². The first-order chi connectivity index (χ1) is 11.2. The molecule has 0 atom stereocenters. The zero-order valence-corrected chi connectivity index (χ0v) is 12.2. The number of amides is 1. The summed E-state index contributed by atoms with van der Waals surface area (Å²) in [6.07, 6.45) is -0.556. The van der Waals surface area contributed by atoms with Gasteiger partial charge in [0.25, 0.3) is 0 Å². The molecule has 0 aliphatic rings. The predicted octanol–water partition coefficient (Wildman–Crippen LogP) is 4.47. The quantitative estimate of drug-likeness (QED) is 0.750. The van der Waals surface area contributed by atoms with Crippen molar-refractivity contribution in [3.8, 4) is 22.6 Å². The molecule has 0 aliphatic heterocycles. The lowest BCUT2D eigenvalue weighted by Crippen LogP contribution is -2.16. The molecule has 4 nitrogen and oxygen atoms in total. The van der Waals surface area contributed by atoms with Crippen LogP contribution in [0.25, 0.3) is 11.1 Å². The number of nitrogens with one attached hydrogen (secondary N) is 1. The van der Waals surface area contributed by atoms with Gasteiger partial charge in [-0.2, -0.15) is 0 Å². The lowest BCUT2D eigenvalue weighted by Gasteiger charge is -2.08. The van der Waals surface area contributed by atoms with E-state index in [1.165, 1.54) is 0 Å². The van der Waals surface area contributed by atoms with Gasteiger partial charge in [-0.1, -0.05) is 36.4 Å². The molecular formula is C19H14NO3. The van der Waals surface area contributed by atoms with Crippen LogP contribution in [0.1, 0.15) is 0 Å². The van der Waals surface area contributed by atoms with E-state index >= 15 is 0 Å². The first-order valence-corrected chi connectivity index (χ1v) is 7.06. The molecule has 3 aromatic carbocycles. The number of rotatable bonds is 3. The Bertz CT molecular complexity index is 798. The van der Waals surface area contributed by atoms with Crippen molar-refractivity contribution in [1.29, 1.82) is 0 Å². The van der Waals surface area contributed by atoms with Crippen molar-refractivity contribution < 1.29 is 14.6 Å². The third-order valence-electron chi connectivity index (χ3n) is 3.18. The zero-order chi connectivity index (χ0) is 16.1. The van der Waals surface area contributed by atoms with E-state index in [4.69, 9.17) is 4.74 Å². The Labute approximate surface area is 134 Å². The van der Waals surface area contributed by atoms with Gasteiger partial charge in [0.05, 0.1) is 0 Å². The highest BCUT2D eigenvalue weighted by Gasteiger charge is 2.06. The van der Waals surface area contributed by atoms with E-state index < -0.39 is 6.09 Å². The topological polar surface area (TPSA) is 58.6 Å². The van der Waals surface area contributed by atoms with Gasteiger partial charge in [-0.3, -0.25) is 5.32 Å². The van der Waals surface area contributed by atoms with Gasteiger partial charge in [0.15, 0.2) is 0 Å². The van der Waals surface area contributed by atoms with Crippen LogP contribution in [0.15, 0.2) is 72.8 Å². The number of phenolic OH excluding ortho intramolecular Hbond substituents is 1. The maximum Gasteiger partial charge on any atom is 0.417 e. The van der Waals surface area contributed by atoms with Crippen molar-refractivity contribution in [2.24, 2.45) is 0 Å². The Hall–Kier alpha value is -3.27. The van der Waals surface area contributed by atoms with E-state index in [0.717, 1.165) is 11.1 Å². The molecule has 0 aliphatic carbocycles. The maximum atomic E-state index is 11.9. The molecule has 3 aromatic rings. The van der Waals surface area contributed by atoms with Crippen molar-refractivity contribution in [3.63, 3.8) is 0 Å². The number of phenols is 1. The number of benzene rings is 3. The molecule has 2 N–H and O–H groups in total. The maximum absolute atomic E-state index is 11.9. The fourth-order valence-corrected chi connectivity index (χ4v) is 2.09. The second kappa shape index (κ2) is 6.66. The van der Waals surface area contributed by atoms with Gasteiger partial charge in [-0.25, -0.2) is 4.79 Å². The summed E-state index contributed by atoms with van der Waals surface area (Å²) in [5.74, 6) is 0.614. The average molecular weight is 304 g/mol. The molecule has 0 spiro atoms. The monoisotopic (exact) mass is 304 g/mol. The number of carbonyl (C=O) groups is 1. The van der Waals surface area contributed by atoms with Crippen molar-refractivity contribution in [3.05, 3.63) is 78.9 Å². The van der Waals surface area contributed by atoms with Gasteiger partial charge >= 0.3 is 6.09 Å². The predicted molar refractivity (Wildman–Crippen MR) is 88.5 cm³/mol. The van der Waals surface area contributed by atoms with Crippen LogP contribution in [-0.2, 0) is 0 Å². The molecule has 0 fully saturated rings. The normalized spacial score (nSPS) is 10.1. The van der Waals surface area contributed by atoms with Crippen LogP contribution in [0.4, 0.5) is 10.5 Å². The minimum absolute atomic E-state index is 0.198. The van der Waals surface area contributed by atoms with Crippen molar-refractivity contribution in [2.75, 3.05) is 5.32 Å². The molecule has 1 radical (unpaired) electrons. The summed E-state index contributed by atoms with van der Waals surface area (Å²) in [4.78, 5) is 11.9. The summed E-state index contributed by atoms with van der Waals surface area (Å²) < 4.78 is 5.28. The summed E-state index contributed by atoms with van der Waals surface area (Å²) in [5, 5.41) is 12.0. The summed E-state index contributed by atoms with van der Waals surface area (Å²) in [7, 11) is 0. The summed E-state index contributed by atoms with van der Waals surface area (Å²) >= 11 is 0. The van der Waals surface area contributed by atoms with Crippen molar-refractivity contribution in [1.82, 2.24) is 0 Å². The number of anilines is 1. The second-order valence-corrected chi connectivity index (χ2v) is 4.87. The molecule has 0 unspecified atom stereocenters. The molecule has 4 heteroatoms. The van der Waals surface area contributed by atoms with E-state index in [-0.39, 0.29) is 5.75 Å². The van der Waals surface area contributed by atoms with Crippen LogP contribution in [0.2, 0.25) is 0 Å². The van der Waals surface area contributed by atoms with Gasteiger partial charge in [0, 0.05) is 5.69 Å². The van der Waals surface area contributed by atoms with Crippen LogP contribution >= 0.6 is 0 Å². The largest absolute Gasteiger partial charge is 0.508 e. The van der Waals surface area contributed by atoms with E-state index in [2.05, 4.69) is 11.4 Å². The van der Waals surface area contributed by atoms with Crippen LogP contribution < -0.4 is 10.1 Å². The second-order valence-electron chi connectivity index (χ2n) is 4.87. The molecule has 0 bridgehead atoms. The van der Waals surface area contributed by atoms with E-state index in [1.54, 1.807) is 54.6 Å². The molecule has 0 saturated heterocycles. The lowest BCUT2D eigenvalue weighted by molar-refractivity contribution is 0.215. The van der Waals surface area contributed by atoms with E-state index in [1.807, 2.05) is 18.2 Å². The van der Waals surface area contributed by atoms with Crippen molar-refractivity contribution in [2.45, 2.75) is 0 Å². The average Bonchev–Trinajstić information content (AvgIpc) is 2.56. The molecule has 0 aromatic heterocycles. The Kier molecular flexibility index (Phi) is 4.25. The van der Waals surface area contributed by atoms with Crippen molar-refractivity contribution >= 4 is 11.8 Å². The summed E-state index contributed by atoms with van der Waals surface area (Å²) in [6, 6.07) is 24.0. The third kappa shape index (κ3) is 3.89. The fourth-order valence-electron chi connectivity index (χ4n) is 2.09. The molecule has 113 valence electrons. The standard InChI is InChI=1S/C19H14NO3/c21-17-11-9-14(10-12-17)15-5-4-8-18(13-15)23-19(22)20-16-6-2-1-3-7-16/h1-4,6-13,21H,(H,20,22). The Morgan fingerprint density at radius 3 is 2.48 bits per heavy atom. The molecular weight excluding hydrogens is 290 g/mol. The van der Waals surface area contributed by atoms with Gasteiger partial charge in [-0.05, 0) is 53.6 Å². The summed E-state index contributed by atoms with van der Waals surface area (Å²) in [5.41, 5.74) is 2.31. The van der Waals surface area contributed by atoms with E-state index in [9.17, 15) is 9.90 Å². The van der Waals surface area contributed by atoms with Gasteiger partial charge in [0.1, 0.15) is 11.5 Å².